The third kappa shape index (κ3) is 3.70. The first kappa shape index (κ1) is 15.3. The Balaban J connectivity index is 2.05. The van der Waals surface area contributed by atoms with Gasteiger partial charge in [0.2, 0.25) is 0 Å². The van der Waals surface area contributed by atoms with Crippen LogP contribution in [-0.2, 0) is 6.54 Å². The number of pyridine rings is 1. The van der Waals surface area contributed by atoms with Crippen LogP contribution in [0.5, 0.6) is 0 Å². The van der Waals surface area contributed by atoms with E-state index in [1.165, 1.54) is 5.56 Å². The van der Waals surface area contributed by atoms with Crippen molar-refractivity contribution in [3.63, 3.8) is 0 Å². The van der Waals surface area contributed by atoms with Crippen molar-refractivity contribution in [3.8, 4) is 0 Å². The minimum Gasteiger partial charge on any atom is -0.354 e. The van der Waals surface area contributed by atoms with Gasteiger partial charge in [0.1, 0.15) is 5.82 Å². The Labute approximate surface area is 123 Å². The number of hydrogen-bond donors (Lipinski definition) is 1. The van der Waals surface area contributed by atoms with E-state index < -0.39 is 0 Å². The number of anilines is 1. The Hall–Kier alpha value is -1.13. The number of hydrogen-bond acceptors (Lipinski definition) is 4. The number of likely N-dealkylation sites (N-methyl/N-ethyl adjacent to an activating group) is 1. The van der Waals surface area contributed by atoms with Gasteiger partial charge in [0.25, 0.3) is 0 Å². The Kier molecular flexibility index (Phi) is 5.00. The molecule has 1 aliphatic rings. The lowest BCUT2D eigenvalue weighted by atomic mass is 10.1. The van der Waals surface area contributed by atoms with Gasteiger partial charge in [0, 0.05) is 44.0 Å². The number of nitrogens with zero attached hydrogens (tertiary/aromatic N) is 3. The summed E-state index contributed by atoms with van der Waals surface area (Å²) in [6.45, 7) is 12.9. The number of aryl methyl sites for hydroxylation is 1. The van der Waals surface area contributed by atoms with Crippen LogP contribution in [0.25, 0.3) is 0 Å². The van der Waals surface area contributed by atoms with E-state index in [1.807, 2.05) is 0 Å². The second-order valence-corrected chi connectivity index (χ2v) is 6.23. The van der Waals surface area contributed by atoms with Crippen molar-refractivity contribution in [1.82, 2.24) is 15.2 Å². The molecule has 0 radical (unpaired) electrons. The summed E-state index contributed by atoms with van der Waals surface area (Å²) >= 11 is 0. The zero-order chi connectivity index (χ0) is 14.7. The van der Waals surface area contributed by atoms with E-state index in [0.29, 0.717) is 12.1 Å². The summed E-state index contributed by atoms with van der Waals surface area (Å²) in [7, 11) is 2.20. The molecule has 20 heavy (non-hydrogen) atoms. The standard InChI is InChI=1S/C16H28N4/c1-12(2)17-10-15-6-7-16(18-14(15)4)20-9-8-19(5)13(3)11-20/h6-7,12-13,17H,8-11H2,1-5H3. The van der Waals surface area contributed by atoms with Crippen molar-refractivity contribution in [3.05, 3.63) is 23.4 Å². The van der Waals surface area contributed by atoms with Crippen LogP contribution in [-0.4, -0.2) is 48.6 Å². The summed E-state index contributed by atoms with van der Waals surface area (Å²) < 4.78 is 0. The maximum absolute atomic E-state index is 4.80. The molecule has 2 rings (SSSR count). The van der Waals surface area contributed by atoms with Crippen molar-refractivity contribution in [2.75, 3.05) is 31.6 Å². The number of aromatic nitrogens is 1. The molecule has 1 aromatic heterocycles. The van der Waals surface area contributed by atoms with E-state index in [2.05, 4.69) is 62.0 Å². The summed E-state index contributed by atoms with van der Waals surface area (Å²) in [5, 5.41) is 3.45. The van der Waals surface area contributed by atoms with Crippen LogP contribution in [0.3, 0.4) is 0 Å². The Morgan fingerprint density at radius 1 is 1.35 bits per heavy atom. The molecule has 1 unspecified atom stereocenters. The topological polar surface area (TPSA) is 31.4 Å². The molecule has 0 aromatic carbocycles. The smallest absolute Gasteiger partial charge is 0.128 e. The molecular formula is C16H28N4. The molecule has 112 valence electrons. The Morgan fingerprint density at radius 2 is 2.10 bits per heavy atom. The van der Waals surface area contributed by atoms with Crippen LogP contribution < -0.4 is 10.2 Å². The lowest BCUT2D eigenvalue weighted by Crippen LogP contribution is -2.50. The fourth-order valence-electron chi connectivity index (χ4n) is 2.51. The van der Waals surface area contributed by atoms with Gasteiger partial charge in [-0.15, -0.1) is 0 Å². The van der Waals surface area contributed by atoms with Gasteiger partial charge in [-0.3, -0.25) is 0 Å². The number of nitrogens with one attached hydrogen (secondary N) is 1. The SMILES string of the molecule is Cc1nc(N2CCN(C)C(C)C2)ccc1CNC(C)C. The van der Waals surface area contributed by atoms with Gasteiger partial charge in [-0.25, -0.2) is 4.98 Å². The minimum absolute atomic E-state index is 0.507. The Bertz CT molecular complexity index is 444. The third-order valence-corrected chi connectivity index (χ3v) is 4.17. The summed E-state index contributed by atoms with van der Waals surface area (Å²) in [5.74, 6) is 1.12. The highest BCUT2D eigenvalue weighted by atomic mass is 15.3. The third-order valence-electron chi connectivity index (χ3n) is 4.17. The summed E-state index contributed by atoms with van der Waals surface area (Å²) in [5.41, 5.74) is 2.44. The average Bonchev–Trinajstić information content (AvgIpc) is 2.40. The molecule has 1 fully saturated rings. The van der Waals surface area contributed by atoms with Crippen LogP contribution in [0.2, 0.25) is 0 Å². The number of rotatable bonds is 4. The molecule has 0 saturated carbocycles. The van der Waals surface area contributed by atoms with Crippen molar-refractivity contribution >= 4 is 5.82 Å². The normalized spacial score (nSPS) is 20.7. The van der Waals surface area contributed by atoms with E-state index in [0.717, 1.165) is 37.7 Å². The molecule has 1 atom stereocenters. The molecule has 4 nitrogen and oxygen atoms in total. The van der Waals surface area contributed by atoms with E-state index in [-0.39, 0.29) is 0 Å². The highest BCUT2D eigenvalue weighted by Gasteiger charge is 2.21. The minimum atomic E-state index is 0.507. The molecule has 0 bridgehead atoms. The van der Waals surface area contributed by atoms with E-state index in [9.17, 15) is 0 Å². The first-order valence-electron chi connectivity index (χ1n) is 7.62. The van der Waals surface area contributed by atoms with Gasteiger partial charge >= 0.3 is 0 Å². The monoisotopic (exact) mass is 276 g/mol. The van der Waals surface area contributed by atoms with Gasteiger partial charge in [0.15, 0.2) is 0 Å². The van der Waals surface area contributed by atoms with Crippen LogP contribution in [0, 0.1) is 6.92 Å². The van der Waals surface area contributed by atoms with Gasteiger partial charge in [-0.2, -0.15) is 0 Å². The quantitative estimate of drug-likeness (QED) is 0.912. The maximum atomic E-state index is 4.80. The van der Waals surface area contributed by atoms with Gasteiger partial charge < -0.3 is 15.1 Å². The molecular weight excluding hydrogens is 248 g/mol. The highest BCUT2D eigenvalue weighted by Crippen LogP contribution is 2.18. The van der Waals surface area contributed by atoms with E-state index >= 15 is 0 Å². The van der Waals surface area contributed by atoms with E-state index in [1.54, 1.807) is 0 Å². The zero-order valence-electron chi connectivity index (χ0n) is 13.5. The Morgan fingerprint density at radius 3 is 2.70 bits per heavy atom. The second kappa shape index (κ2) is 6.55. The predicted molar refractivity (Wildman–Crippen MR) is 85.3 cm³/mol. The highest BCUT2D eigenvalue weighted by molar-refractivity contribution is 5.42. The second-order valence-electron chi connectivity index (χ2n) is 6.23. The molecule has 1 aliphatic heterocycles. The van der Waals surface area contributed by atoms with Crippen LogP contribution in [0.15, 0.2) is 12.1 Å². The van der Waals surface area contributed by atoms with Crippen LogP contribution >= 0.6 is 0 Å². The lowest BCUT2D eigenvalue weighted by Gasteiger charge is -2.38. The molecule has 1 N–H and O–H groups in total. The van der Waals surface area contributed by atoms with Gasteiger partial charge in [0.05, 0.1) is 0 Å². The molecule has 2 heterocycles. The van der Waals surface area contributed by atoms with Crippen LogP contribution in [0.1, 0.15) is 32.0 Å². The largest absolute Gasteiger partial charge is 0.354 e. The fourth-order valence-corrected chi connectivity index (χ4v) is 2.51. The lowest BCUT2D eigenvalue weighted by molar-refractivity contribution is 0.233. The molecule has 1 saturated heterocycles. The van der Waals surface area contributed by atoms with Crippen molar-refractivity contribution in [2.24, 2.45) is 0 Å². The number of piperazine rings is 1. The first-order valence-corrected chi connectivity index (χ1v) is 7.62. The molecule has 0 spiro atoms. The van der Waals surface area contributed by atoms with Crippen molar-refractivity contribution < 1.29 is 0 Å². The molecule has 0 aliphatic carbocycles. The summed E-state index contributed by atoms with van der Waals surface area (Å²) in [6, 6.07) is 5.49. The molecule has 0 amide bonds. The van der Waals surface area contributed by atoms with Crippen LogP contribution in [0.4, 0.5) is 5.82 Å². The predicted octanol–water partition coefficient (Wildman–Crippen LogP) is 2.03. The molecule has 1 aromatic rings. The maximum Gasteiger partial charge on any atom is 0.128 e. The zero-order valence-corrected chi connectivity index (χ0v) is 13.5. The van der Waals surface area contributed by atoms with Crippen molar-refractivity contribution in [2.45, 2.75) is 46.3 Å². The van der Waals surface area contributed by atoms with Gasteiger partial charge in [-0.1, -0.05) is 19.9 Å². The summed E-state index contributed by atoms with van der Waals surface area (Å²) in [6.07, 6.45) is 0. The molecule has 4 heteroatoms. The average molecular weight is 276 g/mol. The van der Waals surface area contributed by atoms with Gasteiger partial charge in [-0.05, 0) is 32.5 Å². The summed E-state index contributed by atoms with van der Waals surface area (Å²) in [4.78, 5) is 9.61. The van der Waals surface area contributed by atoms with Crippen molar-refractivity contribution in [1.29, 1.82) is 0 Å². The fraction of sp³-hybridized carbons (Fsp3) is 0.688. The first-order chi connectivity index (χ1) is 9.47. The van der Waals surface area contributed by atoms with E-state index in [4.69, 9.17) is 4.98 Å².